The number of carbonyl (C=O) groups excluding carboxylic acids is 2. The molecule has 0 aliphatic heterocycles. The summed E-state index contributed by atoms with van der Waals surface area (Å²) in [6, 6.07) is 7.33. The number of benzene rings is 1. The van der Waals surface area contributed by atoms with Gasteiger partial charge >= 0.3 is 0 Å². The highest BCUT2D eigenvalue weighted by atomic mass is 16.2. The maximum absolute atomic E-state index is 12.1. The Bertz CT molecular complexity index is 542. The van der Waals surface area contributed by atoms with E-state index in [4.69, 9.17) is 5.73 Å². The summed E-state index contributed by atoms with van der Waals surface area (Å²) in [6.07, 6.45) is 2.97. The van der Waals surface area contributed by atoms with Gasteiger partial charge in [-0.3, -0.25) is 9.59 Å². The van der Waals surface area contributed by atoms with Crippen molar-refractivity contribution in [2.24, 2.45) is 11.7 Å². The topological polar surface area (TPSA) is 87.5 Å². The van der Waals surface area contributed by atoms with Crippen LogP contribution in [0.3, 0.4) is 0 Å². The molecule has 4 N–H and O–H groups in total. The summed E-state index contributed by atoms with van der Waals surface area (Å²) in [5.41, 5.74) is 7.31. The monoisotopic (exact) mass is 318 g/mol. The van der Waals surface area contributed by atoms with Crippen molar-refractivity contribution >= 4 is 23.2 Å². The summed E-state index contributed by atoms with van der Waals surface area (Å²) >= 11 is 0. The molecule has 1 aromatic rings. The molecule has 1 aromatic carbocycles. The first-order valence-corrected chi connectivity index (χ1v) is 8.05. The lowest BCUT2D eigenvalue weighted by Gasteiger charge is -2.12. The molecule has 0 bridgehead atoms. The van der Waals surface area contributed by atoms with Crippen LogP contribution in [0.15, 0.2) is 24.3 Å². The molecule has 2 unspecified atom stereocenters. The average molecular weight is 318 g/mol. The van der Waals surface area contributed by atoms with Gasteiger partial charge in [-0.15, -0.1) is 0 Å². The van der Waals surface area contributed by atoms with Crippen molar-refractivity contribution < 1.29 is 9.59 Å². The van der Waals surface area contributed by atoms with Crippen LogP contribution in [-0.2, 0) is 9.59 Å². The van der Waals surface area contributed by atoms with E-state index in [1.54, 1.807) is 24.3 Å². The van der Waals surface area contributed by atoms with Crippen LogP contribution in [-0.4, -0.2) is 43.4 Å². The smallest absolute Gasteiger partial charge is 0.227 e. The standard InChI is InChI=1S/C17H26N4O2/c1-21(2)10-9-16(22)19-14-5-7-15(8-6-14)20-17(23)12-3-4-13(18)11-12/h5-8,12-13H,3-4,9-11,18H2,1-2H3,(H,19,22)(H,20,23). The Morgan fingerprint density at radius 1 is 1.13 bits per heavy atom. The van der Waals surface area contributed by atoms with Crippen molar-refractivity contribution in [3.05, 3.63) is 24.3 Å². The van der Waals surface area contributed by atoms with Gasteiger partial charge in [0.1, 0.15) is 0 Å². The minimum atomic E-state index is -0.0181. The Labute approximate surface area is 137 Å². The second-order valence-corrected chi connectivity index (χ2v) is 6.44. The Morgan fingerprint density at radius 3 is 2.26 bits per heavy atom. The zero-order valence-electron chi connectivity index (χ0n) is 13.8. The van der Waals surface area contributed by atoms with Gasteiger partial charge in [0.25, 0.3) is 0 Å². The van der Waals surface area contributed by atoms with Crippen LogP contribution >= 0.6 is 0 Å². The molecule has 23 heavy (non-hydrogen) atoms. The number of nitrogens with one attached hydrogen (secondary N) is 2. The molecule has 6 nitrogen and oxygen atoms in total. The zero-order valence-corrected chi connectivity index (χ0v) is 13.8. The minimum absolute atomic E-state index is 0.00964. The van der Waals surface area contributed by atoms with E-state index in [1.165, 1.54) is 0 Å². The maximum Gasteiger partial charge on any atom is 0.227 e. The number of nitrogens with two attached hydrogens (primary N) is 1. The largest absolute Gasteiger partial charge is 0.328 e. The normalized spacial score (nSPS) is 20.5. The third kappa shape index (κ3) is 5.65. The highest BCUT2D eigenvalue weighted by Gasteiger charge is 2.27. The van der Waals surface area contributed by atoms with E-state index in [1.807, 2.05) is 19.0 Å². The number of anilines is 2. The summed E-state index contributed by atoms with van der Waals surface area (Å²) in [4.78, 5) is 25.9. The maximum atomic E-state index is 12.1. The molecule has 0 radical (unpaired) electrons. The molecule has 2 atom stereocenters. The van der Waals surface area contributed by atoms with E-state index >= 15 is 0 Å². The predicted octanol–water partition coefficient (Wildman–Crippen LogP) is 1.64. The molecule has 1 aliphatic carbocycles. The number of nitrogens with zero attached hydrogens (tertiary/aromatic N) is 1. The van der Waals surface area contributed by atoms with Gasteiger partial charge in [0.2, 0.25) is 11.8 Å². The summed E-state index contributed by atoms with van der Waals surface area (Å²) < 4.78 is 0. The van der Waals surface area contributed by atoms with Gasteiger partial charge in [-0.1, -0.05) is 0 Å². The van der Waals surface area contributed by atoms with Gasteiger partial charge in [0.15, 0.2) is 0 Å². The first-order chi connectivity index (χ1) is 10.9. The third-order valence-electron chi connectivity index (χ3n) is 4.07. The summed E-state index contributed by atoms with van der Waals surface area (Å²) in [6.45, 7) is 0.712. The summed E-state index contributed by atoms with van der Waals surface area (Å²) in [5.74, 6) is 0.0200. The fourth-order valence-electron chi connectivity index (χ4n) is 2.68. The van der Waals surface area contributed by atoms with Gasteiger partial charge in [-0.2, -0.15) is 0 Å². The molecule has 2 rings (SSSR count). The molecule has 6 heteroatoms. The van der Waals surface area contributed by atoms with E-state index in [0.29, 0.717) is 13.0 Å². The van der Waals surface area contributed by atoms with Gasteiger partial charge in [-0.25, -0.2) is 0 Å². The lowest BCUT2D eigenvalue weighted by atomic mass is 10.1. The quantitative estimate of drug-likeness (QED) is 0.744. The van der Waals surface area contributed by atoms with Crippen molar-refractivity contribution in [2.45, 2.75) is 31.7 Å². The summed E-state index contributed by atoms with van der Waals surface area (Å²) in [7, 11) is 3.87. The van der Waals surface area contributed by atoms with Crippen molar-refractivity contribution in [3.63, 3.8) is 0 Å². The van der Waals surface area contributed by atoms with Crippen LogP contribution in [0.1, 0.15) is 25.7 Å². The average Bonchev–Trinajstić information content (AvgIpc) is 2.94. The highest BCUT2D eigenvalue weighted by molar-refractivity contribution is 5.94. The first kappa shape index (κ1) is 17.4. The van der Waals surface area contributed by atoms with Crippen LogP contribution in [0.25, 0.3) is 0 Å². The zero-order chi connectivity index (χ0) is 16.8. The molecule has 1 saturated carbocycles. The number of hydrogen-bond acceptors (Lipinski definition) is 4. The van der Waals surface area contributed by atoms with Crippen molar-refractivity contribution in [1.29, 1.82) is 0 Å². The molecule has 1 aliphatic rings. The lowest BCUT2D eigenvalue weighted by Crippen LogP contribution is -2.23. The van der Waals surface area contributed by atoms with Crippen LogP contribution < -0.4 is 16.4 Å². The Hall–Kier alpha value is -1.92. The van der Waals surface area contributed by atoms with E-state index in [0.717, 1.165) is 30.6 Å². The van der Waals surface area contributed by atoms with E-state index in [9.17, 15) is 9.59 Å². The lowest BCUT2D eigenvalue weighted by molar-refractivity contribution is -0.119. The van der Waals surface area contributed by atoms with Crippen LogP contribution in [0.4, 0.5) is 11.4 Å². The molecular formula is C17H26N4O2. The molecule has 2 amide bonds. The fourth-order valence-corrected chi connectivity index (χ4v) is 2.68. The molecule has 0 spiro atoms. The van der Waals surface area contributed by atoms with Crippen LogP contribution in [0.5, 0.6) is 0 Å². The molecule has 0 aromatic heterocycles. The third-order valence-corrected chi connectivity index (χ3v) is 4.07. The SMILES string of the molecule is CN(C)CCC(=O)Nc1ccc(NC(=O)C2CCC(N)C2)cc1. The Balaban J connectivity index is 1.82. The number of carbonyl (C=O) groups is 2. The van der Waals surface area contributed by atoms with E-state index < -0.39 is 0 Å². The molecular weight excluding hydrogens is 292 g/mol. The van der Waals surface area contributed by atoms with Crippen molar-refractivity contribution in [1.82, 2.24) is 4.90 Å². The molecule has 0 heterocycles. The molecule has 1 fully saturated rings. The predicted molar refractivity (Wildman–Crippen MR) is 92.2 cm³/mol. The van der Waals surface area contributed by atoms with Gasteiger partial charge in [-0.05, 0) is 57.6 Å². The van der Waals surface area contributed by atoms with Crippen LogP contribution in [0.2, 0.25) is 0 Å². The van der Waals surface area contributed by atoms with Crippen molar-refractivity contribution in [3.8, 4) is 0 Å². The second-order valence-electron chi connectivity index (χ2n) is 6.44. The van der Waals surface area contributed by atoms with E-state index in [-0.39, 0.29) is 23.8 Å². The number of rotatable bonds is 6. The van der Waals surface area contributed by atoms with E-state index in [2.05, 4.69) is 10.6 Å². The highest BCUT2D eigenvalue weighted by Crippen LogP contribution is 2.25. The number of amides is 2. The molecule has 0 saturated heterocycles. The summed E-state index contributed by atoms with van der Waals surface area (Å²) in [5, 5.41) is 5.76. The second kappa shape index (κ2) is 8.08. The first-order valence-electron chi connectivity index (χ1n) is 8.05. The molecule has 126 valence electrons. The minimum Gasteiger partial charge on any atom is -0.328 e. The van der Waals surface area contributed by atoms with Gasteiger partial charge in [0.05, 0.1) is 0 Å². The van der Waals surface area contributed by atoms with Gasteiger partial charge < -0.3 is 21.3 Å². The Kier molecular flexibility index (Phi) is 6.12. The fraction of sp³-hybridized carbons (Fsp3) is 0.529. The van der Waals surface area contributed by atoms with Crippen LogP contribution in [0, 0.1) is 5.92 Å². The van der Waals surface area contributed by atoms with Crippen molar-refractivity contribution in [2.75, 3.05) is 31.3 Å². The number of hydrogen-bond donors (Lipinski definition) is 3. The van der Waals surface area contributed by atoms with Gasteiger partial charge in [0, 0.05) is 36.3 Å². The Morgan fingerprint density at radius 2 is 1.74 bits per heavy atom.